The van der Waals surface area contributed by atoms with Crippen LogP contribution in [0, 0.1) is 10.1 Å². The van der Waals surface area contributed by atoms with Crippen LogP contribution in [0.3, 0.4) is 0 Å². The summed E-state index contributed by atoms with van der Waals surface area (Å²) in [6, 6.07) is 4.22. The van der Waals surface area contributed by atoms with Crippen molar-refractivity contribution in [1.82, 2.24) is 4.90 Å². The molecule has 1 aromatic rings. The number of rotatable bonds is 2. The molecule has 0 saturated carbocycles. The second kappa shape index (κ2) is 5.00. The average molecular weight is 291 g/mol. The normalized spacial score (nSPS) is 27.7. The Bertz CT molecular complexity index is 590. The molecule has 1 aromatic carbocycles. The molecule has 7 nitrogen and oxygen atoms in total. The van der Waals surface area contributed by atoms with Crippen LogP contribution in [0.25, 0.3) is 0 Å². The minimum atomic E-state index is -0.583. The zero-order valence-corrected chi connectivity index (χ0v) is 11.4. The highest BCUT2D eigenvalue weighted by molar-refractivity contribution is 5.96. The van der Waals surface area contributed by atoms with E-state index in [2.05, 4.69) is 0 Å². The van der Waals surface area contributed by atoms with Crippen molar-refractivity contribution in [3.8, 4) is 0 Å². The highest BCUT2D eigenvalue weighted by Gasteiger charge is 2.43. The Kier molecular flexibility index (Phi) is 3.29. The lowest BCUT2D eigenvalue weighted by molar-refractivity contribution is -0.383. The lowest BCUT2D eigenvalue weighted by Crippen LogP contribution is -2.48. The van der Waals surface area contributed by atoms with Crippen LogP contribution in [0.1, 0.15) is 36.0 Å². The Hall–Kier alpha value is -2.15. The van der Waals surface area contributed by atoms with E-state index in [0.717, 1.165) is 12.8 Å². The summed E-state index contributed by atoms with van der Waals surface area (Å²) in [6.07, 6.45) is 2.57. The van der Waals surface area contributed by atoms with Crippen LogP contribution < -0.4 is 5.73 Å². The number of nitrogen functional groups attached to an aromatic ring is 1. The van der Waals surface area contributed by atoms with Gasteiger partial charge in [0.05, 0.1) is 11.0 Å². The van der Waals surface area contributed by atoms with Gasteiger partial charge in [0.15, 0.2) is 0 Å². The first-order valence-corrected chi connectivity index (χ1v) is 7.02. The summed E-state index contributed by atoms with van der Waals surface area (Å²) < 4.78 is 0. The molecule has 0 aliphatic carbocycles. The molecule has 7 heteroatoms. The first-order valence-electron chi connectivity index (χ1n) is 7.02. The number of amides is 1. The van der Waals surface area contributed by atoms with E-state index in [1.165, 1.54) is 18.2 Å². The fraction of sp³-hybridized carbons (Fsp3) is 0.500. The Balaban J connectivity index is 1.89. The van der Waals surface area contributed by atoms with Crippen molar-refractivity contribution in [3.05, 3.63) is 33.9 Å². The lowest BCUT2D eigenvalue weighted by Gasteiger charge is -2.37. The van der Waals surface area contributed by atoms with Crippen LogP contribution >= 0.6 is 0 Å². The standard InChI is InChI=1S/C14H17N3O4/c15-12-4-1-8(5-13(12)17(20)21)14(19)16-9-2-3-10(16)7-11(18)6-9/h1,4-5,9-11,18H,2-3,6-7,15H2. The quantitative estimate of drug-likeness (QED) is 0.485. The van der Waals surface area contributed by atoms with Gasteiger partial charge in [-0.3, -0.25) is 14.9 Å². The zero-order chi connectivity index (χ0) is 15.1. The smallest absolute Gasteiger partial charge is 0.292 e. The summed E-state index contributed by atoms with van der Waals surface area (Å²) in [4.78, 5) is 24.8. The summed E-state index contributed by atoms with van der Waals surface area (Å²) in [5, 5.41) is 20.7. The van der Waals surface area contributed by atoms with Crippen molar-refractivity contribution in [3.63, 3.8) is 0 Å². The molecule has 21 heavy (non-hydrogen) atoms. The van der Waals surface area contributed by atoms with Gasteiger partial charge in [0.1, 0.15) is 5.69 Å². The number of nitrogens with two attached hydrogens (primary N) is 1. The molecule has 2 aliphatic rings. The number of anilines is 1. The predicted octanol–water partition coefficient (Wildman–Crippen LogP) is 1.30. The number of nitro benzene ring substituents is 1. The number of piperidine rings is 1. The molecule has 3 N–H and O–H groups in total. The first-order chi connectivity index (χ1) is 9.97. The number of benzene rings is 1. The molecule has 1 amide bonds. The van der Waals surface area contributed by atoms with E-state index in [1.54, 1.807) is 4.90 Å². The molecule has 2 bridgehead atoms. The van der Waals surface area contributed by atoms with E-state index in [0.29, 0.717) is 12.8 Å². The van der Waals surface area contributed by atoms with Gasteiger partial charge in [-0.15, -0.1) is 0 Å². The maximum absolute atomic E-state index is 12.6. The SMILES string of the molecule is Nc1ccc(C(=O)N2C3CCC2CC(O)C3)cc1[N+](=O)[O-]. The molecule has 2 heterocycles. The van der Waals surface area contributed by atoms with Crippen molar-refractivity contribution in [2.45, 2.75) is 43.9 Å². The largest absolute Gasteiger partial charge is 0.393 e. The van der Waals surface area contributed by atoms with Crippen molar-refractivity contribution in [2.75, 3.05) is 5.73 Å². The maximum atomic E-state index is 12.6. The van der Waals surface area contributed by atoms with Crippen molar-refractivity contribution < 1.29 is 14.8 Å². The van der Waals surface area contributed by atoms with Crippen LogP contribution in [0.2, 0.25) is 0 Å². The van der Waals surface area contributed by atoms with Gasteiger partial charge in [-0.1, -0.05) is 0 Å². The van der Waals surface area contributed by atoms with Crippen molar-refractivity contribution >= 4 is 17.3 Å². The van der Waals surface area contributed by atoms with E-state index < -0.39 is 4.92 Å². The molecular formula is C14H17N3O4. The minimum absolute atomic E-state index is 0.0304. The van der Waals surface area contributed by atoms with E-state index in [9.17, 15) is 20.0 Å². The van der Waals surface area contributed by atoms with Gasteiger partial charge in [0.25, 0.3) is 11.6 Å². The third-order valence-corrected chi connectivity index (χ3v) is 4.42. The highest BCUT2D eigenvalue weighted by Crippen LogP contribution is 2.37. The van der Waals surface area contributed by atoms with Crippen LogP contribution in [0.4, 0.5) is 11.4 Å². The van der Waals surface area contributed by atoms with Crippen molar-refractivity contribution in [2.24, 2.45) is 0 Å². The number of carbonyl (C=O) groups excluding carboxylic acids is 1. The number of aliphatic hydroxyl groups is 1. The van der Waals surface area contributed by atoms with Gasteiger partial charge in [-0.05, 0) is 37.8 Å². The molecule has 2 saturated heterocycles. The van der Waals surface area contributed by atoms with E-state index in [-0.39, 0.29) is 41.0 Å². The molecule has 0 aromatic heterocycles. The monoisotopic (exact) mass is 291 g/mol. The molecule has 2 atom stereocenters. The number of fused-ring (bicyclic) bond motifs is 2. The summed E-state index contributed by atoms with van der Waals surface area (Å²) >= 11 is 0. The fourth-order valence-electron chi connectivity index (χ4n) is 3.46. The minimum Gasteiger partial charge on any atom is -0.393 e. The zero-order valence-electron chi connectivity index (χ0n) is 11.4. The van der Waals surface area contributed by atoms with Crippen LogP contribution in [0.15, 0.2) is 18.2 Å². The molecular weight excluding hydrogens is 274 g/mol. The summed E-state index contributed by atoms with van der Waals surface area (Å²) in [5.74, 6) is -0.211. The Morgan fingerprint density at radius 1 is 1.33 bits per heavy atom. The third kappa shape index (κ3) is 2.33. The molecule has 112 valence electrons. The maximum Gasteiger partial charge on any atom is 0.292 e. The molecule has 2 unspecified atom stereocenters. The van der Waals surface area contributed by atoms with Gasteiger partial charge in [-0.2, -0.15) is 0 Å². The average Bonchev–Trinajstić information content (AvgIpc) is 2.70. The number of nitrogens with zero attached hydrogens (tertiary/aromatic N) is 2. The van der Waals surface area contributed by atoms with Crippen LogP contribution in [0.5, 0.6) is 0 Å². The number of hydrogen-bond acceptors (Lipinski definition) is 5. The number of nitro groups is 1. The second-order valence-electron chi connectivity index (χ2n) is 5.75. The molecule has 0 spiro atoms. The summed E-state index contributed by atoms with van der Waals surface area (Å²) in [6.45, 7) is 0. The van der Waals surface area contributed by atoms with E-state index in [1.807, 2.05) is 0 Å². The fourth-order valence-corrected chi connectivity index (χ4v) is 3.46. The molecule has 2 fully saturated rings. The number of carbonyl (C=O) groups is 1. The Labute approximate surface area is 121 Å². The van der Waals surface area contributed by atoms with Gasteiger partial charge in [0.2, 0.25) is 0 Å². The van der Waals surface area contributed by atoms with Crippen molar-refractivity contribution in [1.29, 1.82) is 0 Å². The first kappa shape index (κ1) is 13.8. The predicted molar refractivity (Wildman–Crippen MR) is 75.7 cm³/mol. The van der Waals surface area contributed by atoms with Gasteiger partial charge < -0.3 is 15.7 Å². The van der Waals surface area contributed by atoms with E-state index >= 15 is 0 Å². The molecule has 3 rings (SSSR count). The van der Waals surface area contributed by atoms with Gasteiger partial charge >= 0.3 is 0 Å². The number of aliphatic hydroxyl groups excluding tert-OH is 1. The third-order valence-electron chi connectivity index (χ3n) is 4.42. The summed E-state index contributed by atoms with van der Waals surface area (Å²) in [5.41, 5.74) is 5.64. The lowest BCUT2D eigenvalue weighted by atomic mass is 9.98. The summed E-state index contributed by atoms with van der Waals surface area (Å²) in [7, 11) is 0. The Morgan fingerprint density at radius 2 is 1.95 bits per heavy atom. The van der Waals surface area contributed by atoms with Crippen LogP contribution in [-0.4, -0.2) is 39.0 Å². The van der Waals surface area contributed by atoms with Gasteiger partial charge in [-0.25, -0.2) is 0 Å². The topological polar surface area (TPSA) is 110 Å². The second-order valence-corrected chi connectivity index (χ2v) is 5.75. The molecule has 2 aliphatic heterocycles. The van der Waals surface area contributed by atoms with Crippen LogP contribution in [-0.2, 0) is 0 Å². The molecule has 0 radical (unpaired) electrons. The van der Waals surface area contributed by atoms with E-state index in [4.69, 9.17) is 5.73 Å². The van der Waals surface area contributed by atoms with Gasteiger partial charge in [0, 0.05) is 23.7 Å². The number of hydrogen-bond donors (Lipinski definition) is 2. The Morgan fingerprint density at radius 3 is 2.52 bits per heavy atom. The highest BCUT2D eigenvalue weighted by atomic mass is 16.6.